The van der Waals surface area contributed by atoms with Crippen LogP contribution in [-0.2, 0) is 32.1 Å². The van der Waals surface area contributed by atoms with Crippen LogP contribution in [-0.4, -0.2) is 0 Å². The van der Waals surface area contributed by atoms with E-state index in [9.17, 15) is 0 Å². The predicted octanol–water partition coefficient (Wildman–Crippen LogP) is 4.81. The smallest absolute Gasteiger partial charge is 0.0338 e. The minimum Gasteiger partial charge on any atom is -0.324 e. The number of benzene rings is 3. The average molecular weight is 327 g/mol. The summed E-state index contributed by atoms with van der Waals surface area (Å²) in [5, 5.41) is 0. The molecule has 0 radical (unpaired) electrons. The summed E-state index contributed by atoms with van der Waals surface area (Å²) in [6.07, 6.45) is 5.19. The van der Waals surface area contributed by atoms with Gasteiger partial charge in [-0.15, -0.1) is 0 Å². The highest BCUT2D eigenvalue weighted by Gasteiger charge is 2.14. The van der Waals surface area contributed by atoms with Crippen LogP contribution in [0, 0.1) is 0 Å². The zero-order valence-electron chi connectivity index (χ0n) is 14.6. The molecule has 2 N–H and O–H groups in total. The van der Waals surface area contributed by atoms with Gasteiger partial charge in [0.2, 0.25) is 0 Å². The second kappa shape index (κ2) is 7.25. The molecule has 0 spiro atoms. The van der Waals surface area contributed by atoms with Gasteiger partial charge >= 0.3 is 0 Å². The molecule has 0 saturated carbocycles. The molecule has 4 bridgehead atoms. The second-order valence-corrected chi connectivity index (χ2v) is 7.15. The van der Waals surface area contributed by atoms with Crippen molar-refractivity contribution in [2.45, 2.75) is 38.1 Å². The second-order valence-electron chi connectivity index (χ2n) is 7.15. The van der Waals surface area contributed by atoms with Crippen LogP contribution in [0.15, 0.2) is 72.8 Å². The first-order valence-corrected chi connectivity index (χ1v) is 9.27. The van der Waals surface area contributed by atoms with Crippen LogP contribution in [0.1, 0.15) is 39.4 Å². The molecule has 0 aromatic heterocycles. The zero-order valence-corrected chi connectivity index (χ0v) is 14.6. The quantitative estimate of drug-likeness (QED) is 0.734. The van der Waals surface area contributed by atoms with Gasteiger partial charge in [0.15, 0.2) is 0 Å². The Labute approximate surface area is 150 Å². The summed E-state index contributed by atoms with van der Waals surface area (Å²) in [5.74, 6) is 0. The van der Waals surface area contributed by atoms with Crippen LogP contribution in [0.4, 0.5) is 0 Å². The van der Waals surface area contributed by atoms with E-state index in [0.717, 1.165) is 32.1 Å². The molecule has 25 heavy (non-hydrogen) atoms. The van der Waals surface area contributed by atoms with Gasteiger partial charge in [0.05, 0.1) is 0 Å². The highest BCUT2D eigenvalue weighted by atomic mass is 14.6. The average Bonchev–Trinajstić information content (AvgIpc) is 2.64. The maximum absolute atomic E-state index is 6.65. The molecule has 0 fully saturated rings. The first-order valence-electron chi connectivity index (χ1n) is 9.27. The highest BCUT2D eigenvalue weighted by molar-refractivity contribution is 5.37. The SMILES string of the molecule is NC(Cc1ccccc1)c1cc2ccc1CCc1ccc(cc1)CC2. The molecule has 1 nitrogen and oxygen atoms in total. The molecular weight excluding hydrogens is 302 g/mol. The summed E-state index contributed by atoms with van der Waals surface area (Å²) in [4.78, 5) is 0. The van der Waals surface area contributed by atoms with Gasteiger partial charge in [-0.2, -0.15) is 0 Å². The van der Waals surface area contributed by atoms with Crippen molar-refractivity contribution in [1.82, 2.24) is 0 Å². The lowest BCUT2D eigenvalue weighted by atomic mass is 9.89. The van der Waals surface area contributed by atoms with Gasteiger partial charge < -0.3 is 5.73 Å². The monoisotopic (exact) mass is 327 g/mol. The van der Waals surface area contributed by atoms with Crippen LogP contribution in [0.2, 0.25) is 0 Å². The molecule has 126 valence electrons. The summed E-state index contributed by atoms with van der Waals surface area (Å²) < 4.78 is 0. The lowest BCUT2D eigenvalue weighted by molar-refractivity contribution is 0.705. The third kappa shape index (κ3) is 3.83. The molecule has 0 amide bonds. The fraction of sp³-hybridized carbons (Fsp3) is 0.250. The number of hydrogen-bond acceptors (Lipinski definition) is 1. The fourth-order valence-electron chi connectivity index (χ4n) is 3.79. The molecule has 0 saturated heterocycles. The van der Waals surface area contributed by atoms with Crippen LogP contribution in [0.5, 0.6) is 0 Å². The minimum atomic E-state index is 0.0567. The molecule has 0 aliphatic heterocycles. The maximum Gasteiger partial charge on any atom is 0.0338 e. The standard InChI is InChI=1S/C24H25N/c25-24(17-20-4-2-1-3-5-20)23-16-21-11-10-18-6-8-19(9-7-18)12-14-22(23)15-13-21/h1-9,13,15-16,24H,10-12,14,17,25H2. The van der Waals surface area contributed by atoms with Gasteiger partial charge in [-0.1, -0.05) is 72.8 Å². The Kier molecular flexibility index (Phi) is 4.67. The molecule has 1 unspecified atom stereocenters. The van der Waals surface area contributed by atoms with E-state index in [1.807, 2.05) is 0 Å². The van der Waals surface area contributed by atoms with Crippen LogP contribution in [0.25, 0.3) is 0 Å². The summed E-state index contributed by atoms with van der Waals surface area (Å²) in [7, 11) is 0. The zero-order chi connectivity index (χ0) is 17.1. The maximum atomic E-state index is 6.65. The molecule has 1 atom stereocenters. The van der Waals surface area contributed by atoms with Crippen molar-refractivity contribution in [3.63, 3.8) is 0 Å². The fourth-order valence-corrected chi connectivity index (χ4v) is 3.79. The van der Waals surface area contributed by atoms with E-state index in [2.05, 4.69) is 72.8 Å². The molecular formula is C24H25N. The molecule has 7 rings (SSSR count). The number of aryl methyl sites for hydroxylation is 4. The first kappa shape index (κ1) is 16.1. The highest BCUT2D eigenvalue weighted by Crippen LogP contribution is 2.25. The number of hydrogen-bond donors (Lipinski definition) is 1. The van der Waals surface area contributed by atoms with Gasteiger partial charge in [0.25, 0.3) is 0 Å². The summed E-state index contributed by atoms with van der Waals surface area (Å²) >= 11 is 0. The predicted molar refractivity (Wildman–Crippen MR) is 105 cm³/mol. The number of rotatable bonds is 3. The third-order valence-electron chi connectivity index (χ3n) is 5.32. The minimum absolute atomic E-state index is 0.0567. The Morgan fingerprint density at radius 3 is 2.00 bits per heavy atom. The van der Waals surface area contributed by atoms with Gasteiger partial charge in [-0.25, -0.2) is 0 Å². The van der Waals surface area contributed by atoms with Crippen molar-refractivity contribution < 1.29 is 0 Å². The van der Waals surface area contributed by atoms with Crippen LogP contribution >= 0.6 is 0 Å². The van der Waals surface area contributed by atoms with Gasteiger partial charge in [0.1, 0.15) is 0 Å². The number of nitrogens with two attached hydrogens (primary N) is 1. The lowest BCUT2D eigenvalue weighted by Gasteiger charge is -2.19. The largest absolute Gasteiger partial charge is 0.324 e. The van der Waals surface area contributed by atoms with Crippen molar-refractivity contribution >= 4 is 0 Å². The van der Waals surface area contributed by atoms with E-state index in [-0.39, 0.29) is 6.04 Å². The third-order valence-corrected chi connectivity index (χ3v) is 5.32. The van der Waals surface area contributed by atoms with E-state index in [0.29, 0.717) is 0 Å². The van der Waals surface area contributed by atoms with E-state index in [1.165, 1.54) is 33.4 Å². The normalized spacial score (nSPS) is 14.8. The topological polar surface area (TPSA) is 26.0 Å². The molecule has 4 aliphatic rings. The summed E-state index contributed by atoms with van der Waals surface area (Å²) in [6, 6.07) is 26.7. The molecule has 3 aromatic carbocycles. The van der Waals surface area contributed by atoms with E-state index >= 15 is 0 Å². The van der Waals surface area contributed by atoms with E-state index in [4.69, 9.17) is 5.73 Å². The Bertz CT molecular complexity index is 834. The first-order chi connectivity index (χ1) is 12.3. The summed E-state index contributed by atoms with van der Waals surface area (Å²) in [5.41, 5.74) is 14.9. The van der Waals surface area contributed by atoms with Crippen LogP contribution in [0.3, 0.4) is 0 Å². The van der Waals surface area contributed by atoms with Gasteiger partial charge in [-0.3, -0.25) is 0 Å². The Balaban J connectivity index is 1.64. The van der Waals surface area contributed by atoms with Crippen molar-refractivity contribution in [2.75, 3.05) is 0 Å². The van der Waals surface area contributed by atoms with Gasteiger partial charge in [-0.05, 0) is 65.5 Å². The molecule has 1 heteroatoms. The Hall–Kier alpha value is -2.38. The van der Waals surface area contributed by atoms with Gasteiger partial charge in [0, 0.05) is 6.04 Å². The Morgan fingerprint density at radius 1 is 0.680 bits per heavy atom. The Morgan fingerprint density at radius 2 is 1.28 bits per heavy atom. The molecule has 3 aromatic rings. The van der Waals surface area contributed by atoms with Crippen molar-refractivity contribution in [3.8, 4) is 0 Å². The van der Waals surface area contributed by atoms with Crippen molar-refractivity contribution in [1.29, 1.82) is 0 Å². The van der Waals surface area contributed by atoms with Crippen LogP contribution < -0.4 is 5.73 Å². The van der Waals surface area contributed by atoms with E-state index < -0.39 is 0 Å². The lowest BCUT2D eigenvalue weighted by Crippen LogP contribution is -2.16. The van der Waals surface area contributed by atoms with Crippen molar-refractivity contribution in [3.05, 3.63) is 106 Å². The summed E-state index contributed by atoms with van der Waals surface area (Å²) in [6.45, 7) is 0. The van der Waals surface area contributed by atoms with Crippen molar-refractivity contribution in [2.24, 2.45) is 5.73 Å². The van der Waals surface area contributed by atoms with E-state index in [1.54, 1.807) is 0 Å². The molecule has 4 aliphatic carbocycles. The molecule has 0 heterocycles.